The zero-order valence-electron chi connectivity index (χ0n) is 17.2. The minimum absolute atomic E-state index is 0.0120. The van der Waals surface area contributed by atoms with Crippen LogP contribution in [0.2, 0.25) is 10.0 Å². The number of Topliss-reactive ketones (excluding diaryl/α,β-unsaturated/α-hetero) is 1. The summed E-state index contributed by atoms with van der Waals surface area (Å²) in [5.74, 6) is -0.783. The minimum atomic E-state index is -0.453. The zero-order chi connectivity index (χ0) is 22.0. The summed E-state index contributed by atoms with van der Waals surface area (Å²) in [5, 5.41) is 0.762. The van der Waals surface area contributed by atoms with E-state index in [0.29, 0.717) is 70.5 Å². The molecule has 1 N–H and O–H groups in total. The van der Waals surface area contributed by atoms with Gasteiger partial charge in [0.05, 0.1) is 22.7 Å². The van der Waals surface area contributed by atoms with Crippen LogP contribution in [-0.4, -0.2) is 47.7 Å². The Morgan fingerprint density at radius 1 is 1.17 bits per heavy atom. The predicted molar refractivity (Wildman–Crippen MR) is 116 cm³/mol. The van der Waals surface area contributed by atoms with Gasteiger partial charge in [0.2, 0.25) is 0 Å². The highest BCUT2D eigenvalue weighted by atomic mass is 35.5. The van der Waals surface area contributed by atoms with Crippen molar-refractivity contribution in [2.24, 2.45) is 5.92 Å². The Hall–Kier alpha value is -2.31. The molecule has 0 spiro atoms. The molecule has 6 nitrogen and oxygen atoms in total. The van der Waals surface area contributed by atoms with Gasteiger partial charge in [-0.05, 0) is 49.9 Å². The first-order chi connectivity index (χ1) is 14.3. The van der Waals surface area contributed by atoms with Crippen molar-refractivity contribution in [1.29, 1.82) is 0 Å². The summed E-state index contributed by atoms with van der Waals surface area (Å²) in [6.45, 7) is 4.58. The van der Waals surface area contributed by atoms with Crippen molar-refractivity contribution in [1.82, 2.24) is 9.88 Å². The summed E-state index contributed by atoms with van der Waals surface area (Å²) in [4.78, 5) is 42.8. The molecule has 0 radical (unpaired) electrons. The van der Waals surface area contributed by atoms with Gasteiger partial charge < -0.3 is 14.6 Å². The van der Waals surface area contributed by atoms with Crippen molar-refractivity contribution >= 4 is 40.9 Å². The van der Waals surface area contributed by atoms with Crippen LogP contribution >= 0.6 is 23.2 Å². The molecular formula is C22H24Cl2N2O4. The lowest BCUT2D eigenvalue weighted by Crippen LogP contribution is -2.40. The smallest absolute Gasteiger partial charge is 0.339 e. The summed E-state index contributed by atoms with van der Waals surface area (Å²) in [7, 11) is 1.32. The van der Waals surface area contributed by atoms with Crippen LogP contribution in [-0.2, 0) is 11.2 Å². The Labute approximate surface area is 185 Å². The van der Waals surface area contributed by atoms with E-state index in [1.54, 1.807) is 30.0 Å². The van der Waals surface area contributed by atoms with Gasteiger partial charge in [-0.3, -0.25) is 9.59 Å². The fourth-order valence-corrected chi connectivity index (χ4v) is 4.20. The molecule has 1 aliphatic rings. The lowest BCUT2D eigenvalue weighted by atomic mass is 9.88. The number of methoxy groups -OCH3 is 1. The lowest BCUT2D eigenvalue weighted by molar-refractivity contribution is 0.0598. The molecule has 2 aromatic rings. The molecule has 30 heavy (non-hydrogen) atoms. The third-order valence-electron chi connectivity index (χ3n) is 5.64. The highest BCUT2D eigenvalue weighted by Crippen LogP contribution is 2.28. The maximum Gasteiger partial charge on any atom is 0.339 e. The topological polar surface area (TPSA) is 79.5 Å². The van der Waals surface area contributed by atoms with Crippen LogP contribution in [0, 0.1) is 12.8 Å². The molecule has 1 aromatic carbocycles. The van der Waals surface area contributed by atoms with Crippen LogP contribution in [0.5, 0.6) is 0 Å². The molecule has 1 aliphatic heterocycles. The molecule has 160 valence electrons. The van der Waals surface area contributed by atoms with Gasteiger partial charge in [0.25, 0.3) is 5.91 Å². The monoisotopic (exact) mass is 450 g/mol. The zero-order valence-corrected chi connectivity index (χ0v) is 18.7. The number of aromatic amines is 1. The normalized spacial score (nSPS) is 14.6. The number of nitrogens with one attached hydrogen (secondary N) is 1. The van der Waals surface area contributed by atoms with Crippen molar-refractivity contribution in [3.05, 3.63) is 56.3 Å². The van der Waals surface area contributed by atoms with Gasteiger partial charge >= 0.3 is 5.97 Å². The molecular weight excluding hydrogens is 427 g/mol. The molecule has 8 heteroatoms. The van der Waals surface area contributed by atoms with E-state index in [9.17, 15) is 14.4 Å². The van der Waals surface area contributed by atoms with E-state index in [1.807, 2.05) is 6.92 Å². The van der Waals surface area contributed by atoms with Gasteiger partial charge in [-0.2, -0.15) is 0 Å². The van der Waals surface area contributed by atoms with Gasteiger partial charge in [-0.1, -0.05) is 30.1 Å². The number of piperidine rings is 1. The first kappa shape index (κ1) is 22.4. The first-order valence-electron chi connectivity index (χ1n) is 9.86. The van der Waals surface area contributed by atoms with Crippen molar-refractivity contribution in [2.75, 3.05) is 20.2 Å². The highest BCUT2D eigenvalue weighted by Gasteiger charge is 2.31. The Kier molecular flexibility index (Phi) is 6.88. The van der Waals surface area contributed by atoms with Gasteiger partial charge in [0.1, 0.15) is 5.69 Å². The van der Waals surface area contributed by atoms with Gasteiger partial charge in [-0.15, -0.1) is 0 Å². The largest absolute Gasteiger partial charge is 0.465 e. The number of benzene rings is 1. The molecule has 0 atom stereocenters. The highest BCUT2D eigenvalue weighted by molar-refractivity contribution is 6.42. The van der Waals surface area contributed by atoms with Crippen LogP contribution in [0.3, 0.4) is 0 Å². The van der Waals surface area contributed by atoms with Crippen LogP contribution in [0.25, 0.3) is 0 Å². The number of rotatable bonds is 5. The van der Waals surface area contributed by atoms with E-state index in [1.165, 1.54) is 7.11 Å². The van der Waals surface area contributed by atoms with Crippen molar-refractivity contribution in [2.45, 2.75) is 33.1 Å². The van der Waals surface area contributed by atoms with E-state index in [0.717, 1.165) is 0 Å². The quantitative estimate of drug-likeness (QED) is 0.527. The first-order valence-corrected chi connectivity index (χ1v) is 10.6. The number of hydrogen-bond acceptors (Lipinski definition) is 4. The second-order valence-corrected chi connectivity index (χ2v) is 8.20. The second kappa shape index (κ2) is 9.23. The SMILES string of the molecule is CCc1[nH]c(C(=O)N2CCC(C(=O)c3ccc(Cl)c(Cl)c3)CC2)c(C)c1C(=O)OC. The van der Waals surface area contributed by atoms with Gasteiger partial charge in [0, 0.05) is 30.3 Å². The number of carbonyl (C=O) groups is 3. The van der Waals surface area contributed by atoms with E-state index in [-0.39, 0.29) is 17.6 Å². The molecule has 0 aliphatic carbocycles. The minimum Gasteiger partial charge on any atom is -0.465 e. The molecule has 1 aromatic heterocycles. The number of halogens is 2. The second-order valence-electron chi connectivity index (χ2n) is 7.38. The summed E-state index contributed by atoms with van der Waals surface area (Å²) >= 11 is 12.0. The maximum absolute atomic E-state index is 13.1. The Balaban J connectivity index is 1.71. The number of H-pyrrole nitrogens is 1. The fraction of sp³-hybridized carbons (Fsp3) is 0.409. The Morgan fingerprint density at radius 3 is 2.40 bits per heavy atom. The van der Waals surface area contributed by atoms with Crippen LogP contribution < -0.4 is 0 Å². The van der Waals surface area contributed by atoms with Gasteiger partial charge in [0.15, 0.2) is 5.78 Å². The Bertz CT molecular complexity index is 991. The fourth-order valence-electron chi connectivity index (χ4n) is 3.90. The summed E-state index contributed by atoms with van der Waals surface area (Å²) < 4.78 is 4.86. The van der Waals surface area contributed by atoms with E-state index in [2.05, 4.69) is 4.98 Å². The number of ether oxygens (including phenoxy) is 1. The number of likely N-dealkylation sites (tertiary alicyclic amines) is 1. The lowest BCUT2D eigenvalue weighted by Gasteiger charge is -2.31. The standard InChI is InChI=1S/C22H24Cl2N2O4/c1-4-17-18(22(29)30-3)12(2)19(25-17)21(28)26-9-7-13(8-10-26)20(27)14-5-6-15(23)16(24)11-14/h5-6,11,13,25H,4,7-10H2,1-3H3. The summed E-state index contributed by atoms with van der Waals surface area (Å²) in [6, 6.07) is 4.89. The van der Waals surface area contributed by atoms with Crippen molar-refractivity contribution in [3.63, 3.8) is 0 Å². The maximum atomic E-state index is 13.1. The number of hydrogen-bond donors (Lipinski definition) is 1. The number of esters is 1. The average Bonchev–Trinajstić information content (AvgIpc) is 3.10. The molecule has 2 heterocycles. The third-order valence-corrected chi connectivity index (χ3v) is 6.38. The molecule has 0 bridgehead atoms. The molecule has 1 amide bonds. The molecule has 1 saturated heterocycles. The average molecular weight is 451 g/mol. The molecule has 3 rings (SSSR count). The molecule has 1 fully saturated rings. The van der Waals surface area contributed by atoms with E-state index < -0.39 is 5.97 Å². The number of ketones is 1. The van der Waals surface area contributed by atoms with E-state index >= 15 is 0 Å². The third kappa shape index (κ3) is 4.25. The molecule has 0 saturated carbocycles. The van der Waals surface area contributed by atoms with Crippen LogP contribution in [0.15, 0.2) is 18.2 Å². The number of nitrogens with zero attached hydrogens (tertiary/aromatic N) is 1. The number of amides is 1. The summed E-state index contributed by atoms with van der Waals surface area (Å²) in [6.07, 6.45) is 1.71. The molecule has 0 unspecified atom stereocenters. The van der Waals surface area contributed by atoms with Crippen molar-refractivity contribution < 1.29 is 19.1 Å². The van der Waals surface area contributed by atoms with Crippen LogP contribution in [0.4, 0.5) is 0 Å². The van der Waals surface area contributed by atoms with E-state index in [4.69, 9.17) is 27.9 Å². The number of aromatic nitrogens is 1. The number of aryl methyl sites for hydroxylation is 1. The van der Waals surface area contributed by atoms with Crippen LogP contribution in [0.1, 0.15) is 62.2 Å². The Morgan fingerprint density at radius 2 is 1.83 bits per heavy atom. The van der Waals surface area contributed by atoms with Crippen molar-refractivity contribution in [3.8, 4) is 0 Å². The van der Waals surface area contributed by atoms with Gasteiger partial charge in [-0.25, -0.2) is 4.79 Å². The number of carbonyl (C=O) groups excluding carboxylic acids is 3. The predicted octanol–water partition coefficient (Wildman–Crippen LogP) is 4.71. The summed E-state index contributed by atoms with van der Waals surface area (Å²) in [5.41, 5.74) is 2.64.